The predicted octanol–water partition coefficient (Wildman–Crippen LogP) is 3.41. The van der Waals surface area contributed by atoms with Crippen molar-refractivity contribution in [2.45, 2.75) is 43.1 Å². The number of nitrogens with zero attached hydrogens (tertiary/aromatic N) is 2. The van der Waals surface area contributed by atoms with Gasteiger partial charge in [0.1, 0.15) is 0 Å². The normalized spacial score (nSPS) is 26.0. The average Bonchev–Trinajstić information content (AvgIpc) is 3.20. The molecule has 2 aliphatic heterocycles. The number of nitrogens with one attached hydrogen (secondary N) is 1. The largest absolute Gasteiger partial charge is 0.338 e. The number of piperidine rings is 1. The fourth-order valence-corrected chi connectivity index (χ4v) is 5.14. The van der Waals surface area contributed by atoms with Crippen molar-refractivity contribution in [2.75, 3.05) is 12.3 Å². The molecular weight excluding hydrogens is 342 g/mol. The monoisotopic (exact) mass is 367 g/mol. The van der Waals surface area contributed by atoms with Gasteiger partial charge >= 0.3 is 0 Å². The van der Waals surface area contributed by atoms with Crippen LogP contribution >= 0.6 is 11.8 Å². The Morgan fingerprint density at radius 3 is 2.88 bits per heavy atom. The maximum atomic E-state index is 13.2. The standard InChI is InChI=1S/C21H25N3OS/c25-21(19-15-26-20(23-19)17-9-6-11-22-14-17)24-12-5-4-10-18(24)13-16-7-2-1-3-8-16/h1-3,6-9,11,14,18-20,23H,4-5,10,12-13,15H2. The smallest absolute Gasteiger partial charge is 0.240 e. The van der Waals surface area contributed by atoms with Gasteiger partial charge < -0.3 is 4.90 Å². The van der Waals surface area contributed by atoms with Gasteiger partial charge in [-0.25, -0.2) is 0 Å². The van der Waals surface area contributed by atoms with Crippen molar-refractivity contribution >= 4 is 17.7 Å². The van der Waals surface area contributed by atoms with E-state index >= 15 is 0 Å². The Kier molecular flexibility index (Phi) is 5.56. The number of rotatable bonds is 4. The summed E-state index contributed by atoms with van der Waals surface area (Å²) in [5.74, 6) is 1.09. The summed E-state index contributed by atoms with van der Waals surface area (Å²) >= 11 is 1.80. The SMILES string of the molecule is O=C(C1CSC(c2cccnc2)N1)N1CCCCC1Cc1ccccc1. The van der Waals surface area contributed by atoms with Gasteiger partial charge in [0, 0.05) is 30.7 Å². The van der Waals surface area contributed by atoms with Gasteiger partial charge in [0.05, 0.1) is 11.4 Å². The highest BCUT2D eigenvalue weighted by Gasteiger charge is 2.36. The Labute approximate surface area is 159 Å². The molecule has 2 aromatic rings. The number of carbonyl (C=O) groups is 1. The van der Waals surface area contributed by atoms with E-state index in [4.69, 9.17) is 0 Å². The van der Waals surface area contributed by atoms with Gasteiger partial charge in [-0.3, -0.25) is 15.1 Å². The molecular formula is C21H25N3OS. The van der Waals surface area contributed by atoms with Crippen molar-refractivity contribution in [2.24, 2.45) is 0 Å². The van der Waals surface area contributed by atoms with Crippen LogP contribution in [0.15, 0.2) is 54.9 Å². The molecule has 1 aromatic heterocycles. The molecule has 1 aromatic carbocycles. The Morgan fingerprint density at radius 1 is 1.19 bits per heavy atom. The van der Waals surface area contributed by atoms with Crippen LogP contribution in [0.3, 0.4) is 0 Å². The molecule has 4 nitrogen and oxygen atoms in total. The van der Waals surface area contributed by atoms with Crippen molar-refractivity contribution in [3.05, 3.63) is 66.0 Å². The van der Waals surface area contributed by atoms with Crippen molar-refractivity contribution in [3.63, 3.8) is 0 Å². The van der Waals surface area contributed by atoms with Crippen LogP contribution in [0.1, 0.15) is 35.8 Å². The van der Waals surface area contributed by atoms with E-state index in [1.165, 1.54) is 12.0 Å². The molecule has 3 unspecified atom stereocenters. The Hall–Kier alpha value is -1.85. The van der Waals surface area contributed by atoms with E-state index in [1.54, 1.807) is 18.0 Å². The number of pyridine rings is 1. The maximum Gasteiger partial charge on any atom is 0.240 e. The molecule has 5 heteroatoms. The van der Waals surface area contributed by atoms with E-state index in [-0.39, 0.29) is 17.3 Å². The molecule has 3 heterocycles. The van der Waals surface area contributed by atoms with E-state index in [0.29, 0.717) is 6.04 Å². The van der Waals surface area contributed by atoms with Crippen LogP contribution in [0.2, 0.25) is 0 Å². The Balaban J connectivity index is 1.42. The quantitative estimate of drug-likeness (QED) is 0.899. The predicted molar refractivity (Wildman–Crippen MR) is 106 cm³/mol. The van der Waals surface area contributed by atoms with Crippen molar-refractivity contribution in [1.82, 2.24) is 15.2 Å². The van der Waals surface area contributed by atoms with Crippen LogP contribution < -0.4 is 5.32 Å². The molecule has 2 aliphatic rings. The Bertz CT molecular complexity index is 725. The van der Waals surface area contributed by atoms with E-state index in [2.05, 4.69) is 45.5 Å². The third kappa shape index (κ3) is 3.94. The van der Waals surface area contributed by atoms with Crippen LogP contribution in [-0.2, 0) is 11.2 Å². The van der Waals surface area contributed by atoms with Crippen LogP contribution in [0, 0.1) is 0 Å². The molecule has 0 saturated carbocycles. The molecule has 1 N–H and O–H groups in total. The van der Waals surface area contributed by atoms with Crippen LogP contribution in [0.5, 0.6) is 0 Å². The summed E-state index contributed by atoms with van der Waals surface area (Å²) in [6.07, 6.45) is 8.06. The second-order valence-corrected chi connectivity index (χ2v) is 8.23. The summed E-state index contributed by atoms with van der Waals surface area (Å²) in [6, 6.07) is 14.8. The topological polar surface area (TPSA) is 45.2 Å². The van der Waals surface area contributed by atoms with E-state index in [0.717, 1.165) is 37.1 Å². The number of hydrogen-bond acceptors (Lipinski definition) is 4. The highest BCUT2D eigenvalue weighted by atomic mass is 32.2. The molecule has 2 saturated heterocycles. The minimum atomic E-state index is -0.0958. The van der Waals surface area contributed by atoms with Gasteiger partial charge in [-0.2, -0.15) is 0 Å². The highest BCUT2D eigenvalue weighted by Crippen LogP contribution is 2.33. The lowest BCUT2D eigenvalue weighted by molar-refractivity contribution is -0.136. The summed E-state index contributed by atoms with van der Waals surface area (Å²) in [7, 11) is 0. The maximum absolute atomic E-state index is 13.2. The van der Waals surface area contributed by atoms with Crippen molar-refractivity contribution < 1.29 is 4.79 Å². The second-order valence-electron chi connectivity index (χ2n) is 7.09. The van der Waals surface area contributed by atoms with Crippen LogP contribution in [0.4, 0.5) is 0 Å². The summed E-state index contributed by atoms with van der Waals surface area (Å²) < 4.78 is 0. The average molecular weight is 368 g/mol. The van der Waals surface area contributed by atoms with Crippen molar-refractivity contribution in [1.29, 1.82) is 0 Å². The molecule has 0 aliphatic carbocycles. The molecule has 0 radical (unpaired) electrons. The minimum absolute atomic E-state index is 0.0958. The third-order valence-corrected chi connectivity index (χ3v) is 6.56. The lowest BCUT2D eigenvalue weighted by Gasteiger charge is -2.37. The zero-order valence-electron chi connectivity index (χ0n) is 14.9. The van der Waals surface area contributed by atoms with Gasteiger partial charge in [-0.05, 0) is 42.9 Å². The number of thioether (sulfide) groups is 1. The van der Waals surface area contributed by atoms with Gasteiger partial charge in [0.15, 0.2) is 0 Å². The molecule has 0 bridgehead atoms. The number of benzene rings is 1. The van der Waals surface area contributed by atoms with Crippen LogP contribution in [-0.4, -0.2) is 40.2 Å². The first-order chi connectivity index (χ1) is 12.8. The number of amides is 1. The van der Waals surface area contributed by atoms with Crippen molar-refractivity contribution in [3.8, 4) is 0 Å². The molecule has 2 fully saturated rings. The fourth-order valence-electron chi connectivity index (χ4n) is 3.93. The van der Waals surface area contributed by atoms with Gasteiger partial charge in [-0.15, -0.1) is 11.8 Å². The van der Waals surface area contributed by atoms with Gasteiger partial charge in [0.2, 0.25) is 5.91 Å². The molecule has 0 spiro atoms. The first-order valence-corrected chi connectivity index (χ1v) is 10.5. The second kappa shape index (κ2) is 8.23. The molecule has 3 atom stereocenters. The molecule has 4 rings (SSSR count). The Morgan fingerprint density at radius 2 is 2.08 bits per heavy atom. The minimum Gasteiger partial charge on any atom is -0.338 e. The summed E-state index contributed by atoms with van der Waals surface area (Å²) in [4.78, 5) is 19.6. The third-order valence-electron chi connectivity index (χ3n) is 5.29. The zero-order valence-corrected chi connectivity index (χ0v) is 15.7. The zero-order chi connectivity index (χ0) is 17.8. The van der Waals surface area contributed by atoms with Gasteiger partial charge in [0.25, 0.3) is 0 Å². The first-order valence-electron chi connectivity index (χ1n) is 9.43. The van der Waals surface area contributed by atoms with E-state index in [1.807, 2.05) is 18.3 Å². The van der Waals surface area contributed by atoms with E-state index in [9.17, 15) is 4.79 Å². The molecule has 136 valence electrons. The number of carbonyl (C=O) groups excluding carboxylic acids is 1. The molecule has 1 amide bonds. The number of aromatic nitrogens is 1. The highest BCUT2D eigenvalue weighted by molar-refractivity contribution is 7.99. The summed E-state index contributed by atoms with van der Waals surface area (Å²) in [6.45, 7) is 0.886. The lowest BCUT2D eigenvalue weighted by atomic mass is 9.95. The summed E-state index contributed by atoms with van der Waals surface area (Å²) in [5.41, 5.74) is 2.46. The van der Waals surface area contributed by atoms with Crippen LogP contribution in [0.25, 0.3) is 0 Å². The molecule has 26 heavy (non-hydrogen) atoms. The van der Waals surface area contributed by atoms with Gasteiger partial charge in [-0.1, -0.05) is 36.4 Å². The lowest BCUT2D eigenvalue weighted by Crippen LogP contribution is -2.52. The number of hydrogen-bond donors (Lipinski definition) is 1. The first kappa shape index (κ1) is 17.6. The fraction of sp³-hybridized carbons (Fsp3) is 0.429. The number of likely N-dealkylation sites (tertiary alicyclic amines) is 1. The summed E-state index contributed by atoms with van der Waals surface area (Å²) in [5, 5.41) is 3.68. The van der Waals surface area contributed by atoms with E-state index < -0.39 is 0 Å².